The number of sulfonamides is 1. The summed E-state index contributed by atoms with van der Waals surface area (Å²) >= 11 is 0. The summed E-state index contributed by atoms with van der Waals surface area (Å²) in [7, 11) is -2.75. The Morgan fingerprint density at radius 2 is 1.51 bits per heavy atom. The van der Waals surface area contributed by atoms with Gasteiger partial charge in [0, 0.05) is 19.0 Å². The Balaban J connectivity index is 1.55. The monoisotopic (exact) mass is 657 g/mol. The summed E-state index contributed by atoms with van der Waals surface area (Å²) in [6.07, 6.45) is 3.96. The molecule has 4 aromatic carbocycles. The van der Waals surface area contributed by atoms with Crippen molar-refractivity contribution in [2.24, 2.45) is 0 Å². The molecule has 0 aliphatic heterocycles. The molecule has 1 fully saturated rings. The van der Waals surface area contributed by atoms with Crippen LogP contribution in [-0.2, 0) is 32.6 Å². The van der Waals surface area contributed by atoms with Gasteiger partial charge in [-0.25, -0.2) is 12.8 Å². The quantitative estimate of drug-likeness (QED) is 0.189. The van der Waals surface area contributed by atoms with Crippen LogP contribution in [0, 0.1) is 12.7 Å². The second-order valence-corrected chi connectivity index (χ2v) is 13.7. The molecule has 10 heteroatoms. The number of aryl methyl sites for hydroxylation is 1. The Kier molecular flexibility index (Phi) is 10.9. The molecule has 0 radical (unpaired) electrons. The molecule has 1 saturated carbocycles. The summed E-state index contributed by atoms with van der Waals surface area (Å²) in [5.41, 5.74) is 2.67. The van der Waals surface area contributed by atoms with E-state index in [1.54, 1.807) is 48.5 Å². The van der Waals surface area contributed by atoms with Crippen LogP contribution in [-0.4, -0.2) is 50.9 Å². The maximum atomic E-state index is 14.6. The maximum Gasteiger partial charge on any atom is 0.264 e. The normalized spacial score (nSPS) is 13.9. The number of amides is 2. The second kappa shape index (κ2) is 15.3. The van der Waals surface area contributed by atoms with Crippen molar-refractivity contribution < 1.29 is 27.1 Å². The van der Waals surface area contributed by atoms with E-state index in [0.717, 1.165) is 41.1 Å². The van der Waals surface area contributed by atoms with Gasteiger partial charge in [-0.3, -0.25) is 13.9 Å². The average Bonchev–Trinajstić information content (AvgIpc) is 3.60. The van der Waals surface area contributed by atoms with Gasteiger partial charge in [0.15, 0.2) is 0 Å². The van der Waals surface area contributed by atoms with Crippen molar-refractivity contribution in [3.05, 3.63) is 126 Å². The lowest BCUT2D eigenvalue weighted by Crippen LogP contribution is -2.54. The number of anilines is 1. The third kappa shape index (κ3) is 8.56. The Labute approximate surface area is 276 Å². The fourth-order valence-electron chi connectivity index (χ4n) is 5.82. The minimum Gasteiger partial charge on any atom is -0.497 e. The van der Waals surface area contributed by atoms with Gasteiger partial charge in [0.2, 0.25) is 11.8 Å². The third-order valence-corrected chi connectivity index (χ3v) is 10.3. The van der Waals surface area contributed by atoms with Crippen LogP contribution < -0.4 is 14.4 Å². The molecule has 0 heterocycles. The molecule has 47 heavy (non-hydrogen) atoms. The molecule has 8 nitrogen and oxygen atoms in total. The maximum absolute atomic E-state index is 14.6. The van der Waals surface area contributed by atoms with E-state index in [1.165, 1.54) is 36.3 Å². The number of hydrogen-bond donors (Lipinski definition) is 1. The van der Waals surface area contributed by atoms with Gasteiger partial charge in [0.05, 0.1) is 17.7 Å². The molecule has 0 unspecified atom stereocenters. The van der Waals surface area contributed by atoms with Crippen molar-refractivity contribution in [2.75, 3.05) is 18.0 Å². The van der Waals surface area contributed by atoms with Crippen molar-refractivity contribution in [1.82, 2.24) is 10.2 Å². The molecule has 246 valence electrons. The molecule has 1 aliphatic carbocycles. The van der Waals surface area contributed by atoms with Gasteiger partial charge >= 0.3 is 0 Å². The number of carbonyl (C=O) groups is 2. The molecule has 1 N–H and O–H groups in total. The van der Waals surface area contributed by atoms with Crippen LogP contribution >= 0.6 is 0 Å². The van der Waals surface area contributed by atoms with Crippen molar-refractivity contribution in [3.8, 4) is 5.75 Å². The number of methoxy groups -OCH3 is 1. The molecule has 1 atom stereocenters. The summed E-state index contributed by atoms with van der Waals surface area (Å²) in [5.74, 6) is -0.822. The third-order valence-electron chi connectivity index (χ3n) is 8.49. The fraction of sp³-hybridized carbons (Fsp3) is 0.297. The van der Waals surface area contributed by atoms with Gasteiger partial charge < -0.3 is 15.0 Å². The molecular formula is C37H40FN3O5S. The SMILES string of the molecule is COc1ccc(S(=O)(=O)N(CC(=O)N(Cc2ccc(F)cc2)[C@@H](Cc2ccccc2)C(=O)NC2CCCC2)c2ccc(C)cc2)cc1. The summed E-state index contributed by atoms with van der Waals surface area (Å²) < 4.78 is 48.6. The zero-order valence-corrected chi connectivity index (χ0v) is 27.5. The van der Waals surface area contributed by atoms with Gasteiger partial charge in [0.1, 0.15) is 24.2 Å². The van der Waals surface area contributed by atoms with Crippen molar-refractivity contribution in [1.29, 1.82) is 0 Å². The van der Waals surface area contributed by atoms with Gasteiger partial charge in [-0.05, 0) is 79.4 Å². The number of hydrogen-bond acceptors (Lipinski definition) is 5. The molecule has 0 spiro atoms. The van der Waals surface area contributed by atoms with Gasteiger partial charge in [-0.15, -0.1) is 0 Å². The Morgan fingerprint density at radius 1 is 0.872 bits per heavy atom. The van der Waals surface area contributed by atoms with E-state index in [2.05, 4.69) is 5.32 Å². The zero-order chi connectivity index (χ0) is 33.4. The molecule has 1 aliphatic rings. The highest BCUT2D eigenvalue weighted by Crippen LogP contribution is 2.27. The molecule has 2 amide bonds. The minimum atomic E-state index is -4.24. The second-order valence-electron chi connectivity index (χ2n) is 11.9. The van der Waals surface area contributed by atoms with Crippen LogP contribution in [0.5, 0.6) is 5.75 Å². The number of benzene rings is 4. The van der Waals surface area contributed by atoms with E-state index < -0.39 is 34.3 Å². The fourth-order valence-corrected chi connectivity index (χ4v) is 7.24. The first-order chi connectivity index (χ1) is 22.6. The van der Waals surface area contributed by atoms with Gasteiger partial charge in [-0.2, -0.15) is 0 Å². The highest BCUT2D eigenvalue weighted by molar-refractivity contribution is 7.92. The summed E-state index contributed by atoms with van der Waals surface area (Å²) in [6.45, 7) is 1.29. The van der Waals surface area contributed by atoms with Crippen molar-refractivity contribution in [3.63, 3.8) is 0 Å². The number of halogens is 1. The molecule has 5 rings (SSSR count). The van der Waals surface area contributed by atoms with Crippen molar-refractivity contribution in [2.45, 2.75) is 62.6 Å². The van der Waals surface area contributed by atoms with Gasteiger partial charge in [-0.1, -0.05) is 73.0 Å². The molecular weight excluding hydrogens is 617 g/mol. The zero-order valence-electron chi connectivity index (χ0n) is 26.6. The van der Waals surface area contributed by atoms with Gasteiger partial charge in [0.25, 0.3) is 10.0 Å². The predicted molar refractivity (Wildman–Crippen MR) is 180 cm³/mol. The Bertz CT molecular complexity index is 1740. The van der Waals surface area contributed by atoms with Crippen LogP contribution in [0.1, 0.15) is 42.4 Å². The minimum absolute atomic E-state index is 0.00283. The van der Waals surface area contributed by atoms with E-state index in [-0.39, 0.29) is 29.8 Å². The van der Waals surface area contributed by atoms with Crippen LogP contribution in [0.2, 0.25) is 0 Å². The van der Waals surface area contributed by atoms with E-state index in [1.807, 2.05) is 37.3 Å². The molecule has 0 aromatic heterocycles. The lowest BCUT2D eigenvalue weighted by atomic mass is 10.0. The summed E-state index contributed by atoms with van der Waals surface area (Å²) in [5, 5.41) is 3.15. The number of carbonyl (C=O) groups excluding carboxylic acids is 2. The predicted octanol–water partition coefficient (Wildman–Crippen LogP) is 6.04. The van der Waals surface area contributed by atoms with Crippen LogP contribution in [0.25, 0.3) is 0 Å². The summed E-state index contributed by atoms with van der Waals surface area (Å²) in [4.78, 5) is 30.0. The van der Waals surface area contributed by atoms with Crippen LogP contribution in [0.15, 0.2) is 108 Å². The molecule has 0 bridgehead atoms. The van der Waals surface area contributed by atoms with E-state index in [4.69, 9.17) is 4.74 Å². The number of rotatable bonds is 13. The standard InChI is InChI=1S/C37H40FN3O5S/c1-27-12-18-32(19-13-27)41(47(44,45)34-22-20-33(46-2)21-23-34)26-36(42)40(25-29-14-16-30(38)17-15-29)35(24-28-8-4-3-5-9-28)37(43)39-31-10-6-7-11-31/h3-5,8-9,12-23,31,35H,6-7,10-11,24-26H2,1-2H3,(H,39,43)/t35-/m0/s1. The van der Waals surface area contributed by atoms with Crippen LogP contribution in [0.4, 0.5) is 10.1 Å². The van der Waals surface area contributed by atoms with E-state index >= 15 is 0 Å². The first-order valence-corrected chi connectivity index (χ1v) is 17.2. The van der Waals surface area contributed by atoms with E-state index in [9.17, 15) is 22.4 Å². The largest absolute Gasteiger partial charge is 0.497 e. The van der Waals surface area contributed by atoms with Crippen LogP contribution in [0.3, 0.4) is 0 Å². The smallest absolute Gasteiger partial charge is 0.264 e. The first-order valence-electron chi connectivity index (χ1n) is 15.8. The Morgan fingerprint density at radius 3 is 2.13 bits per heavy atom. The highest BCUT2D eigenvalue weighted by Gasteiger charge is 2.35. The number of nitrogens with zero attached hydrogens (tertiary/aromatic N) is 2. The molecule has 4 aromatic rings. The number of ether oxygens (including phenoxy) is 1. The molecule has 0 saturated heterocycles. The van der Waals surface area contributed by atoms with E-state index in [0.29, 0.717) is 17.0 Å². The lowest BCUT2D eigenvalue weighted by Gasteiger charge is -2.34. The topological polar surface area (TPSA) is 96.0 Å². The van der Waals surface area contributed by atoms with Crippen molar-refractivity contribution >= 4 is 27.5 Å². The first kappa shape index (κ1) is 33.7. The Hall–Kier alpha value is -4.70. The number of nitrogens with one attached hydrogen (secondary N) is 1. The summed E-state index contributed by atoms with van der Waals surface area (Å²) in [6, 6.07) is 27.0. The average molecular weight is 658 g/mol. The lowest BCUT2D eigenvalue weighted by molar-refractivity contribution is -0.140. The highest BCUT2D eigenvalue weighted by atomic mass is 32.2.